The van der Waals surface area contributed by atoms with E-state index >= 15 is 0 Å². The number of rotatable bonds is 12. The maximum absolute atomic E-state index is 14.0. The summed E-state index contributed by atoms with van der Waals surface area (Å²) in [5.41, 5.74) is 1.93. The van der Waals surface area contributed by atoms with Crippen LogP contribution >= 0.6 is 0 Å². The van der Waals surface area contributed by atoms with Crippen molar-refractivity contribution in [2.24, 2.45) is 0 Å². The Morgan fingerprint density at radius 2 is 1.22 bits per heavy atom. The molecule has 2 heterocycles. The van der Waals surface area contributed by atoms with Crippen LogP contribution < -0.4 is 18.9 Å². The summed E-state index contributed by atoms with van der Waals surface area (Å²) >= 11 is -2.42. The van der Waals surface area contributed by atoms with E-state index in [1.807, 2.05) is 36.4 Å². The van der Waals surface area contributed by atoms with Crippen LogP contribution in [0.4, 0.5) is 0 Å². The van der Waals surface area contributed by atoms with Crippen molar-refractivity contribution in [2.75, 3.05) is 26.4 Å². The summed E-state index contributed by atoms with van der Waals surface area (Å²) in [7, 11) is 0. The molecule has 2 aromatic carbocycles. The van der Waals surface area contributed by atoms with Crippen molar-refractivity contribution < 1.29 is 23.7 Å². The van der Waals surface area contributed by atoms with Gasteiger partial charge in [-0.2, -0.15) is 0 Å². The molecule has 0 saturated carbocycles. The minimum atomic E-state index is -1.21. The van der Waals surface area contributed by atoms with E-state index in [0.29, 0.717) is 39.3 Å². The average Bonchev–Trinajstić information content (AvgIpc) is 2.88. The molecule has 2 atom stereocenters. The summed E-state index contributed by atoms with van der Waals surface area (Å²) in [5.74, 6) is 2.94. The van der Waals surface area contributed by atoms with Gasteiger partial charge in [0.15, 0.2) is 0 Å². The van der Waals surface area contributed by atoms with Gasteiger partial charge in [0.05, 0.1) is 0 Å². The number of fused-ring (bicyclic) bond motifs is 2. The second-order valence-electron chi connectivity index (χ2n) is 10.9. The third kappa shape index (κ3) is 7.06. The molecule has 0 aromatic heterocycles. The molecule has 0 fully saturated rings. The number of carbonyl (C=O) groups is 1. The molecular formula is C29H42O5Sn2. The topological polar surface area (TPSA) is 54.0 Å². The number of hydrogen-bond donors (Lipinski definition) is 0. The second-order valence-corrected chi connectivity index (χ2v) is 30.1. The summed E-state index contributed by atoms with van der Waals surface area (Å²) in [5, 5.41) is 0. The fourth-order valence-electron chi connectivity index (χ4n) is 5.20. The molecule has 0 radical (unpaired) electrons. The van der Waals surface area contributed by atoms with Crippen LogP contribution in [0.5, 0.6) is 23.0 Å². The number of ether oxygens (including phenoxy) is 4. The molecule has 2 aromatic rings. The molecule has 5 nitrogen and oxygen atoms in total. The van der Waals surface area contributed by atoms with Crippen LogP contribution in [-0.2, 0) is 4.79 Å². The Morgan fingerprint density at radius 1 is 0.778 bits per heavy atom. The Hall–Kier alpha value is -1.09. The molecule has 7 heteroatoms. The molecule has 0 aliphatic carbocycles. The molecule has 2 aliphatic heterocycles. The standard InChI is InChI=1S/C25H28O5.4CH3.2Sn.2H/c1-3-13-27-21-9-5-7-19-17(11-15-29-24(19)21)23(26)18-12-16-30-25-20(18)8-6-10-22(25)28-14-4-2;;;;;;;;/h5-10,17-18H,1-4,11-16H2;4*1H3;;;;. The first kappa shape index (κ1) is 27.9. The van der Waals surface area contributed by atoms with Crippen molar-refractivity contribution in [1.29, 1.82) is 0 Å². The number of hydrogen-bond acceptors (Lipinski definition) is 5. The summed E-state index contributed by atoms with van der Waals surface area (Å²) in [6, 6.07) is 12.0. The van der Waals surface area contributed by atoms with Crippen LogP contribution in [0.15, 0.2) is 36.4 Å². The predicted molar refractivity (Wildman–Crippen MR) is 151 cm³/mol. The monoisotopic (exact) mass is 710 g/mol. The van der Waals surface area contributed by atoms with Gasteiger partial charge in [0, 0.05) is 0 Å². The summed E-state index contributed by atoms with van der Waals surface area (Å²) in [6.07, 6.45) is 3.59. The van der Waals surface area contributed by atoms with Crippen molar-refractivity contribution in [2.45, 2.75) is 66.2 Å². The molecule has 0 saturated heterocycles. The zero-order valence-corrected chi connectivity index (χ0v) is 29.0. The minimum absolute atomic E-state index is 0.191. The van der Waals surface area contributed by atoms with Crippen molar-refractivity contribution in [3.8, 4) is 23.0 Å². The van der Waals surface area contributed by atoms with Gasteiger partial charge in [0.1, 0.15) is 0 Å². The van der Waals surface area contributed by atoms with E-state index in [9.17, 15) is 4.79 Å². The molecule has 196 valence electrons. The van der Waals surface area contributed by atoms with E-state index in [-0.39, 0.29) is 17.6 Å². The second kappa shape index (κ2) is 13.6. The van der Waals surface area contributed by atoms with Gasteiger partial charge in [0.25, 0.3) is 0 Å². The third-order valence-corrected chi connectivity index (χ3v) is 16.1. The van der Waals surface area contributed by atoms with Gasteiger partial charge in [-0.15, -0.1) is 0 Å². The van der Waals surface area contributed by atoms with Crippen LogP contribution in [0.3, 0.4) is 0 Å². The van der Waals surface area contributed by atoms with Gasteiger partial charge >= 0.3 is 232 Å². The van der Waals surface area contributed by atoms with E-state index in [1.54, 1.807) is 0 Å². The van der Waals surface area contributed by atoms with E-state index in [2.05, 4.69) is 19.8 Å². The number of carbonyl (C=O) groups excluding carboxylic acids is 1. The molecule has 2 aliphatic rings. The fraction of sp³-hybridized carbons (Fsp3) is 0.552. The Kier molecular flexibility index (Phi) is 10.6. The maximum atomic E-state index is 14.0. The quantitative estimate of drug-likeness (QED) is 0.194. The van der Waals surface area contributed by atoms with Crippen LogP contribution in [0.1, 0.15) is 48.6 Å². The van der Waals surface area contributed by atoms with Gasteiger partial charge in [-0.3, -0.25) is 0 Å². The first-order chi connectivity index (χ1) is 17.5. The fourth-order valence-corrected chi connectivity index (χ4v) is 10.8. The molecule has 0 bridgehead atoms. The van der Waals surface area contributed by atoms with Crippen molar-refractivity contribution in [3.63, 3.8) is 0 Å². The zero-order valence-electron chi connectivity index (χ0n) is 22.4. The first-order valence-electron chi connectivity index (χ1n) is 13.8. The molecule has 4 rings (SSSR count). The number of para-hydroxylation sites is 2. The number of ketones is 1. The van der Waals surface area contributed by atoms with Gasteiger partial charge < -0.3 is 0 Å². The van der Waals surface area contributed by atoms with E-state index in [4.69, 9.17) is 18.9 Å². The van der Waals surface area contributed by atoms with Crippen LogP contribution in [0.25, 0.3) is 0 Å². The Bertz CT molecular complexity index is 943. The van der Waals surface area contributed by atoms with Crippen LogP contribution in [0.2, 0.25) is 28.6 Å². The SMILES string of the molecule is [CH3][SnH]([CH3])[CH2]CCOc1cccc2c1OCCC2C(=O)C1CCOc2c(OCC[CH2][SnH]([CH3])[CH3])cccc21. The van der Waals surface area contributed by atoms with Gasteiger partial charge in [-0.05, 0) is 0 Å². The molecular weight excluding hydrogens is 666 g/mol. The summed E-state index contributed by atoms with van der Waals surface area (Å²) in [4.78, 5) is 23.7. The van der Waals surface area contributed by atoms with E-state index in [1.165, 1.54) is 8.87 Å². The normalized spacial score (nSPS) is 18.7. The summed E-state index contributed by atoms with van der Waals surface area (Å²) in [6.45, 7) is 2.49. The molecule has 0 N–H and O–H groups in total. The van der Waals surface area contributed by atoms with Crippen molar-refractivity contribution >= 4 is 45.3 Å². The number of Topliss-reactive ketones (excluding diaryl/α,β-unsaturated/α-hetero) is 1. The Morgan fingerprint density at radius 3 is 1.64 bits per heavy atom. The van der Waals surface area contributed by atoms with Crippen LogP contribution in [0, 0.1) is 0 Å². The molecule has 0 spiro atoms. The average molecular weight is 708 g/mol. The van der Waals surface area contributed by atoms with E-state index < -0.39 is 39.5 Å². The Labute approximate surface area is 230 Å². The molecule has 36 heavy (non-hydrogen) atoms. The number of benzene rings is 2. The molecule has 0 amide bonds. The van der Waals surface area contributed by atoms with Crippen LogP contribution in [-0.4, -0.2) is 71.7 Å². The van der Waals surface area contributed by atoms with Gasteiger partial charge in [-0.25, -0.2) is 0 Å². The first-order valence-corrected chi connectivity index (χ1v) is 31.6. The van der Waals surface area contributed by atoms with Crippen molar-refractivity contribution in [1.82, 2.24) is 0 Å². The molecule has 2 unspecified atom stereocenters. The summed E-state index contributed by atoms with van der Waals surface area (Å²) < 4.78 is 27.0. The van der Waals surface area contributed by atoms with E-state index in [0.717, 1.165) is 47.0 Å². The van der Waals surface area contributed by atoms with Crippen molar-refractivity contribution in [3.05, 3.63) is 47.5 Å². The zero-order chi connectivity index (χ0) is 25.5. The van der Waals surface area contributed by atoms with Gasteiger partial charge in [-0.1, -0.05) is 0 Å². The predicted octanol–water partition coefficient (Wildman–Crippen LogP) is 6.20. The third-order valence-electron chi connectivity index (χ3n) is 7.13. The van der Waals surface area contributed by atoms with Gasteiger partial charge in [0.2, 0.25) is 0 Å². The Balaban J connectivity index is 1.50.